The van der Waals surface area contributed by atoms with E-state index in [0.717, 1.165) is 17.8 Å². The molecule has 0 aliphatic rings. The average Bonchev–Trinajstić information content (AvgIpc) is 3.41. The first-order chi connectivity index (χ1) is 15.9. The minimum Gasteiger partial charge on any atom is -0.339 e. The molecule has 6 nitrogen and oxygen atoms in total. The standard InChI is InChI=1S/C24H21F2N5OS/c1-15(2)17-5-6-18(27-12-17)7-8-19-14-33-24(28-19)30-23(32)20-4-3-9-31(20)13-16-10-21(25)29-22(26)11-16/h3-12,14-15H,13H2,1-2H3,(H,28,30,32). The molecule has 0 saturated carbocycles. The smallest absolute Gasteiger partial charge is 0.274 e. The zero-order valence-electron chi connectivity index (χ0n) is 18.0. The Morgan fingerprint density at radius 2 is 1.88 bits per heavy atom. The summed E-state index contributed by atoms with van der Waals surface area (Å²) in [4.78, 5) is 24.7. The van der Waals surface area contributed by atoms with Gasteiger partial charge in [0.25, 0.3) is 5.91 Å². The Labute approximate surface area is 193 Å². The van der Waals surface area contributed by atoms with Crippen molar-refractivity contribution in [3.63, 3.8) is 0 Å². The highest BCUT2D eigenvalue weighted by Crippen LogP contribution is 2.19. The van der Waals surface area contributed by atoms with Gasteiger partial charge in [-0.05, 0) is 59.5 Å². The number of rotatable bonds is 7. The molecule has 0 aromatic carbocycles. The van der Waals surface area contributed by atoms with Crippen LogP contribution in [0.1, 0.15) is 52.8 Å². The van der Waals surface area contributed by atoms with E-state index in [2.05, 4.69) is 34.1 Å². The highest BCUT2D eigenvalue weighted by Gasteiger charge is 2.14. The maximum atomic E-state index is 13.4. The third kappa shape index (κ3) is 5.75. The van der Waals surface area contributed by atoms with Crippen LogP contribution in [0, 0.1) is 11.9 Å². The molecule has 33 heavy (non-hydrogen) atoms. The summed E-state index contributed by atoms with van der Waals surface area (Å²) in [7, 11) is 0. The Balaban J connectivity index is 1.41. The van der Waals surface area contributed by atoms with E-state index >= 15 is 0 Å². The van der Waals surface area contributed by atoms with Crippen molar-refractivity contribution in [3.8, 4) is 0 Å². The van der Waals surface area contributed by atoms with Gasteiger partial charge in [0.05, 0.1) is 11.4 Å². The number of hydrogen-bond donors (Lipinski definition) is 1. The first-order valence-electron chi connectivity index (χ1n) is 10.3. The number of aromatic nitrogens is 4. The second-order valence-electron chi connectivity index (χ2n) is 7.68. The molecule has 168 valence electrons. The number of carbonyl (C=O) groups is 1. The van der Waals surface area contributed by atoms with Gasteiger partial charge < -0.3 is 4.57 Å². The molecule has 0 bridgehead atoms. The largest absolute Gasteiger partial charge is 0.339 e. The zero-order valence-corrected chi connectivity index (χ0v) is 18.8. The number of nitrogens with one attached hydrogen (secondary N) is 1. The van der Waals surface area contributed by atoms with Crippen molar-refractivity contribution in [1.29, 1.82) is 0 Å². The lowest BCUT2D eigenvalue weighted by Crippen LogP contribution is -2.17. The molecular weight excluding hydrogens is 444 g/mol. The SMILES string of the molecule is CC(C)c1ccc(C=Cc2csc(NC(=O)c3cccn3Cc3cc(F)nc(F)c3)n2)nc1. The number of anilines is 1. The Morgan fingerprint density at radius 3 is 2.58 bits per heavy atom. The molecule has 4 aromatic heterocycles. The van der Waals surface area contributed by atoms with Crippen LogP contribution in [0.15, 0.2) is 54.2 Å². The van der Waals surface area contributed by atoms with Gasteiger partial charge in [-0.25, -0.2) is 4.98 Å². The van der Waals surface area contributed by atoms with Crippen molar-refractivity contribution >= 4 is 34.5 Å². The van der Waals surface area contributed by atoms with Crippen molar-refractivity contribution in [2.24, 2.45) is 0 Å². The highest BCUT2D eigenvalue weighted by molar-refractivity contribution is 7.14. The predicted molar refractivity (Wildman–Crippen MR) is 125 cm³/mol. The van der Waals surface area contributed by atoms with Gasteiger partial charge >= 0.3 is 0 Å². The fraction of sp³-hybridized carbons (Fsp3) is 0.167. The molecule has 4 aromatic rings. The van der Waals surface area contributed by atoms with Crippen LogP contribution in [-0.2, 0) is 6.54 Å². The number of thiazole rings is 1. The summed E-state index contributed by atoms with van der Waals surface area (Å²) in [5.41, 5.74) is 3.40. The fourth-order valence-electron chi connectivity index (χ4n) is 3.17. The van der Waals surface area contributed by atoms with Crippen molar-refractivity contribution < 1.29 is 13.6 Å². The lowest BCUT2D eigenvalue weighted by atomic mass is 10.1. The molecule has 0 radical (unpaired) electrons. The molecule has 0 aliphatic carbocycles. The summed E-state index contributed by atoms with van der Waals surface area (Å²) >= 11 is 1.30. The molecule has 0 fully saturated rings. The van der Waals surface area contributed by atoms with E-state index in [4.69, 9.17) is 0 Å². The molecule has 0 aliphatic heterocycles. The average molecular weight is 466 g/mol. The fourth-order valence-corrected chi connectivity index (χ4v) is 3.84. The maximum absolute atomic E-state index is 13.4. The summed E-state index contributed by atoms with van der Waals surface area (Å²) in [6.45, 7) is 4.36. The molecule has 0 unspecified atom stereocenters. The number of pyridine rings is 2. The second-order valence-corrected chi connectivity index (χ2v) is 8.54. The third-order valence-electron chi connectivity index (χ3n) is 4.88. The zero-order chi connectivity index (χ0) is 23.4. The Kier molecular flexibility index (Phi) is 6.69. The maximum Gasteiger partial charge on any atom is 0.274 e. The first-order valence-corrected chi connectivity index (χ1v) is 11.1. The van der Waals surface area contributed by atoms with Gasteiger partial charge in [0.15, 0.2) is 5.13 Å². The van der Waals surface area contributed by atoms with Crippen molar-refractivity contribution in [2.45, 2.75) is 26.3 Å². The van der Waals surface area contributed by atoms with E-state index in [9.17, 15) is 13.6 Å². The summed E-state index contributed by atoms with van der Waals surface area (Å²) < 4.78 is 28.3. The van der Waals surface area contributed by atoms with Crippen LogP contribution in [0.5, 0.6) is 0 Å². The Morgan fingerprint density at radius 1 is 1.12 bits per heavy atom. The highest BCUT2D eigenvalue weighted by atomic mass is 32.1. The minimum absolute atomic E-state index is 0.126. The molecule has 1 N–H and O–H groups in total. The number of carbonyl (C=O) groups excluding carboxylic acids is 1. The lowest BCUT2D eigenvalue weighted by Gasteiger charge is -2.09. The van der Waals surface area contributed by atoms with Gasteiger partial charge in [-0.15, -0.1) is 11.3 Å². The lowest BCUT2D eigenvalue weighted by molar-refractivity contribution is 0.101. The molecule has 0 spiro atoms. The van der Waals surface area contributed by atoms with Crippen LogP contribution in [-0.4, -0.2) is 25.4 Å². The number of halogens is 2. The van der Waals surface area contributed by atoms with Crippen molar-refractivity contribution in [3.05, 3.63) is 94.3 Å². The van der Waals surface area contributed by atoms with Crippen LogP contribution in [0.3, 0.4) is 0 Å². The molecule has 4 heterocycles. The van der Waals surface area contributed by atoms with E-state index in [1.54, 1.807) is 22.9 Å². The number of hydrogen-bond acceptors (Lipinski definition) is 5. The molecule has 0 saturated heterocycles. The molecule has 1 amide bonds. The van der Waals surface area contributed by atoms with Crippen LogP contribution in [0.2, 0.25) is 0 Å². The van der Waals surface area contributed by atoms with Crippen molar-refractivity contribution in [1.82, 2.24) is 19.5 Å². The minimum atomic E-state index is -0.905. The quantitative estimate of drug-likeness (QED) is 0.360. The summed E-state index contributed by atoms with van der Waals surface area (Å²) in [5.74, 6) is -1.76. The Hall–Kier alpha value is -3.72. The molecule has 9 heteroatoms. The first kappa shape index (κ1) is 22.5. The van der Waals surface area contributed by atoms with E-state index in [0.29, 0.717) is 28.0 Å². The molecule has 4 rings (SSSR count). The molecule has 0 atom stereocenters. The van der Waals surface area contributed by atoms with Crippen LogP contribution < -0.4 is 5.32 Å². The van der Waals surface area contributed by atoms with E-state index < -0.39 is 11.9 Å². The normalized spacial score (nSPS) is 11.4. The van der Waals surface area contributed by atoms with Crippen LogP contribution in [0.4, 0.5) is 13.9 Å². The second kappa shape index (κ2) is 9.83. The van der Waals surface area contributed by atoms with Crippen LogP contribution in [0.25, 0.3) is 12.2 Å². The van der Waals surface area contributed by atoms with Gasteiger partial charge in [-0.1, -0.05) is 19.9 Å². The summed E-state index contributed by atoms with van der Waals surface area (Å²) in [5, 5.41) is 5.04. The van der Waals surface area contributed by atoms with Gasteiger partial charge in [-0.3, -0.25) is 15.1 Å². The van der Waals surface area contributed by atoms with E-state index in [1.165, 1.54) is 16.9 Å². The van der Waals surface area contributed by atoms with Crippen LogP contribution >= 0.6 is 11.3 Å². The van der Waals surface area contributed by atoms with Gasteiger partial charge in [0, 0.05) is 24.3 Å². The van der Waals surface area contributed by atoms with Gasteiger partial charge in [0.1, 0.15) is 5.69 Å². The van der Waals surface area contributed by atoms with Gasteiger partial charge in [0.2, 0.25) is 11.9 Å². The van der Waals surface area contributed by atoms with Crippen molar-refractivity contribution in [2.75, 3.05) is 5.32 Å². The third-order valence-corrected chi connectivity index (χ3v) is 5.66. The summed E-state index contributed by atoms with van der Waals surface area (Å²) in [6.07, 6.45) is 7.22. The van der Waals surface area contributed by atoms with E-state index in [1.807, 2.05) is 35.9 Å². The monoisotopic (exact) mass is 465 g/mol. The number of amides is 1. The summed E-state index contributed by atoms with van der Waals surface area (Å²) in [6, 6.07) is 9.59. The van der Waals surface area contributed by atoms with Gasteiger partial charge in [-0.2, -0.15) is 13.8 Å². The van der Waals surface area contributed by atoms with E-state index in [-0.39, 0.29) is 12.5 Å². The Bertz CT molecular complexity index is 1270. The predicted octanol–water partition coefficient (Wildman–Crippen LogP) is 5.61. The number of nitrogens with zero attached hydrogens (tertiary/aromatic N) is 4. The topological polar surface area (TPSA) is 72.7 Å². The molecular formula is C24H21F2N5OS.